The fourth-order valence-electron chi connectivity index (χ4n) is 2.72. The lowest BCUT2D eigenvalue weighted by Gasteiger charge is -2.27. The highest BCUT2D eigenvalue weighted by Gasteiger charge is 2.23. The highest BCUT2D eigenvalue weighted by Crippen LogP contribution is 2.31. The summed E-state index contributed by atoms with van der Waals surface area (Å²) in [5, 5.41) is 0.350. The number of hydrogen-bond donors (Lipinski definition) is 1. The first kappa shape index (κ1) is 19.9. The smallest absolute Gasteiger partial charge is 0.261 e. The van der Waals surface area contributed by atoms with Crippen molar-refractivity contribution in [1.29, 1.82) is 0 Å². The summed E-state index contributed by atoms with van der Waals surface area (Å²) < 4.78 is 33.2. The minimum absolute atomic E-state index is 0.0271. The number of sulfonamides is 1. The van der Waals surface area contributed by atoms with Gasteiger partial charge in [0.1, 0.15) is 0 Å². The molecule has 3 rings (SSSR count). The molecule has 0 aliphatic carbocycles. The second kappa shape index (κ2) is 8.06. The van der Waals surface area contributed by atoms with E-state index in [-0.39, 0.29) is 26.5 Å². The molecule has 2 aromatic carbocycles. The van der Waals surface area contributed by atoms with E-state index < -0.39 is 10.0 Å². The summed E-state index contributed by atoms with van der Waals surface area (Å²) in [5.74, 6) is -0.214. The van der Waals surface area contributed by atoms with Crippen LogP contribution in [-0.2, 0) is 14.8 Å². The fourth-order valence-corrected chi connectivity index (χ4v) is 4.22. The largest absolute Gasteiger partial charge is 0.378 e. The van der Waals surface area contributed by atoms with Crippen LogP contribution in [0.25, 0.3) is 0 Å². The molecule has 1 saturated heterocycles. The molecule has 9 heteroatoms. The first-order valence-corrected chi connectivity index (χ1v) is 10.5. The lowest BCUT2D eigenvalue weighted by Crippen LogP contribution is -2.41. The predicted octanol–water partition coefficient (Wildman–Crippen LogP) is 3.58. The number of nitrogens with zero attached hydrogens (tertiary/aromatic N) is 1. The number of hydrogen-bond acceptors (Lipinski definition) is 4. The van der Waals surface area contributed by atoms with Crippen molar-refractivity contribution in [1.82, 2.24) is 4.90 Å². The quantitative estimate of drug-likeness (QED) is 0.807. The maximum Gasteiger partial charge on any atom is 0.261 e. The van der Waals surface area contributed by atoms with Crippen molar-refractivity contribution in [3.05, 3.63) is 57.6 Å². The van der Waals surface area contributed by atoms with Crippen LogP contribution < -0.4 is 4.72 Å². The Hall–Kier alpha value is -1.80. The molecule has 1 aliphatic heterocycles. The Balaban J connectivity index is 1.92. The zero-order valence-corrected chi connectivity index (χ0v) is 16.9. The molecule has 6 nitrogen and oxygen atoms in total. The number of carbonyl (C=O) groups excluding carboxylic acids is 1. The van der Waals surface area contributed by atoms with Crippen LogP contribution in [0.1, 0.15) is 15.9 Å². The lowest BCUT2D eigenvalue weighted by atomic mass is 10.1. The molecule has 2 aromatic rings. The van der Waals surface area contributed by atoms with Gasteiger partial charge in [0.15, 0.2) is 0 Å². The van der Waals surface area contributed by atoms with Crippen molar-refractivity contribution >= 4 is 44.8 Å². The summed E-state index contributed by atoms with van der Waals surface area (Å²) >= 11 is 12.0. The van der Waals surface area contributed by atoms with Crippen LogP contribution in [0.15, 0.2) is 41.3 Å². The Kier molecular flexibility index (Phi) is 5.95. The van der Waals surface area contributed by atoms with Crippen LogP contribution in [0.4, 0.5) is 5.69 Å². The average Bonchev–Trinajstić information content (AvgIpc) is 2.66. The topological polar surface area (TPSA) is 75.7 Å². The molecular weight excluding hydrogens is 411 g/mol. The van der Waals surface area contributed by atoms with E-state index in [0.29, 0.717) is 37.4 Å². The highest BCUT2D eigenvalue weighted by atomic mass is 35.5. The first-order chi connectivity index (χ1) is 12.8. The number of carbonyl (C=O) groups is 1. The third-order valence-electron chi connectivity index (χ3n) is 4.24. The maximum atomic E-state index is 12.8. The number of ether oxygens (including phenoxy) is 1. The molecule has 0 saturated carbocycles. The van der Waals surface area contributed by atoms with E-state index in [1.807, 2.05) is 0 Å². The number of rotatable bonds is 4. The van der Waals surface area contributed by atoms with Gasteiger partial charge in [0.05, 0.1) is 33.8 Å². The van der Waals surface area contributed by atoms with Gasteiger partial charge in [-0.2, -0.15) is 0 Å². The molecule has 0 spiro atoms. The van der Waals surface area contributed by atoms with Crippen molar-refractivity contribution in [2.45, 2.75) is 11.8 Å². The number of benzene rings is 2. The monoisotopic (exact) mass is 428 g/mol. The van der Waals surface area contributed by atoms with E-state index in [0.717, 1.165) is 0 Å². The van der Waals surface area contributed by atoms with Crippen LogP contribution in [0.3, 0.4) is 0 Å². The Bertz CT molecular complexity index is 973. The third-order valence-corrected chi connectivity index (χ3v) is 6.43. The van der Waals surface area contributed by atoms with Gasteiger partial charge in [-0.05, 0) is 36.8 Å². The van der Waals surface area contributed by atoms with Crippen molar-refractivity contribution in [2.75, 3.05) is 31.0 Å². The number of halogens is 2. The summed E-state index contributed by atoms with van der Waals surface area (Å²) in [6.45, 7) is 3.66. The van der Waals surface area contributed by atoms with Crippen molar-refractivity contribution < 1.29 is 17.9 Å². The number of amides is 1. The van der Waals surface area contributed by atoms with Gasteiger partial charge in [-0.1, -0.05) is 35.3 Å². The van der Waals surface area contributed by atoms with Gasteiger partial charge in [0, 0.05) is 18.7 Å². The maximum absolute atomic E-state index is 12.8. The summed E-state index contributed by atoms with van der Waals surface area (Å²) in [4.78, 5) is 14.4. The van der Waals surface area contributed by atoms with Crippen molar-refractivity contribution in [3.8, 4) is 0 Å². The summed E-state index contributed by atoms with van der Waals surface area (Å²) in [6.07, 6.45) is 0. The second-order valence-corrected chi connectivity index (χ2v) is 8.56. The fraction of sp³-hybridized carbons (Fsp3) is 0.278. The molecule has 27 heavy (non-hydrogen) atoms. The molecule has 0 atom stereocenters. The predicted molar refractivity (Wildman–Crippen MR) is 105 cm³/mol. The second-order valence-electron chi connectivity index (χ2n) is 6.09. The van der Waals surface area contributed by atoms with Crippen LogP contribution in [0, 0.1) is 6.92 Å². The Morgan fingerprint density at radius 3 is 2.56 bits per heavy atom. The van der Waals surface area contributed by atoms with Crippen LogP contribution in [0.2, 0.25) is 10.0 Å². The highest BCUT2D eigenvalue weighted by molar-refractivity contribution is 7.92. The number of aryl methyl sites for hydroxylation is 1. The Labute approximate surface area is 168 Å². The molecule has 1 heterocycles. The average molecular weight is 429 g/mol. The van der Waals surface area contributed by atoms with Crippen molar-refractivity contribution in [3.63, 3.8) is 0 Å². The number of morpholine rings is 1. The summed E-state index contributed by atoms with van der Waals surface area (Å²) in [5.41, 5.74) is 1.22. The first-order valence-electron chi connectivity index (χ1n) is 8.24. The van der Waals surface area contributed by atoms with Gasteiger partial charge in [-0.25, -0.2) is 8.42 Å². The van der Waals surface area contributed by atoms with Gasteiger partial charge in [-0.3, -0.25) is 9.52 Å². The van der Waals surface area contributed by atoms with E-state index in [1.165, 1.54) is 18.2 Å². The molecule has 0 aromatic heterocycles. The van der Waals surface area contributed by atoms with E-state index >= 15 is 0 Å². The Morgan fingerprint density at radius 2 is 1.85 bits per heavy atom. The zero-order chi connectivity index (χ0) is 19.6. The SMILES string of the molecule is Cc1ccc(S(=O)(=O)Nc2cccc(Cl)c2Cl)cc1C(=O)N1CCOCC1. The molecule has 1 amide bonds. The lowest BCUT2D eigenvalue weighted by molar-refractivity contribution is 0.0302. The third kappa shape index (κ3) is 4.38. The van der Waals surface area contributed by atoms with Crippen molar-refractivity contribution in [2.24, 2.45) is 0 Å². The van der Waals surface area contributed by atoms with E-state index in [9.17, 15) is 13.2 Å². The van der Waals surface area contributed by atoms with Crippen LogP contribution in [-0.4, -0.2) is 45.5 Å². The molecule has 1 fully saturated rings. The molecule has 1 N–H and O–H groups in total. The van der Waals surface area contributed by atoms with Crippen LogP contribution >= 0.6 is 23.2 Å². The normalized spacial score (nSPS) is 14.9. The van der Waals surface area contributed by atoms with Gasteiger partial charge < -0.3 is 9.64 Å². The molecule has 0 radical (unpaired) electrons. The number of nitrogens with one attached hydrogen (secondary N) is 1. The molecule has 0 unspecified atom stereocenters. The zero-order valence-electron chi connectivity index (χ0n) is 14.5. The molecular formula is C18H18Cl2N2O4S. The van der Waals surface area contributed by atoms with Gasteiger partial charge in [-0.15, -0.1) is 0 Å². The summed E-state index contributed by atoms with van der Waals surface area (Å²) in [7, 11) is -3.94. The minimum atomic E-state index is -3.94. The number of anilines is 1. The van der Waals surface area contributed by atoms with E-state index in [1.54, 1.807) is 30.0 Å². The summed E-state index contributed by atoms with van der Waals surface area (Å²) in [6, 6.07) is 9.11. The van der Waals surface area contributed by atoms with Gasteiger partial charge in [0.25, 0.3) is 15.9 Å². The standard InChI is InChI=1S/C18H18Cl2N2O4S/c1-12-5-6-13(11-14(12)18(23)22-7-9-26-10-8-22)27(24,25)21-16-4-2-3-15(19)17(16)20/h2-6,11,21H,7-10H2,1H3. The molecule has 144 valence electrons. The van der Waals surface area contributed by atoms with Gasteiger partial charge >= 0.3 is 0 Å². The Morgan fingerprint density at radius 1 is 1.15 bits per heavy atom. The van der Waals surface area contributed by atoms with Gasteiger partial charge in [0.2, 0.25) is 0 Å². The molecule has 1 aliphatic rings. The molecule has 0 bridgehead atoms. The van der Waals surface area contributed by atoms with Crippen LogP contribution in [0.5, 0.6) is 0 Å². The van der Waals surface area contributed by atoms with E-state index in [4.69, 9.17) is 27.9 Å². The minimum Gasteiger partial charge on any atom is -0.378 e. The van der Waals surface area contributed by atoms with E-state index in [2.05, 4.69) is 4.72 Å².